The lowest BCUT2D eigenvalue weighted by atomic mass is 9.82. The number of aryl methyl sites for hydroxylation is 1. The summed E-state index contributed by atoms with van der Waals surface area (Å²) in [5.41, 5.74) is 5.77. The van der Waals surface area contributed by atoms with E-state index in [0.29, 0.717) is 6.42 Å². The summed E-state index contributed by atoms with van der Waals surface area (Å²) in [4.78, 5) is 12.1. The highest BCUT2D eigenvalue weighted by molar-refractivity contribution is 5.95. The topological polar surface area (TPSA) is 38.3 Å². The van der Waals surface area contributed by atoms with Gasteiger partial charge in [-0.2, -0.15) is 0 Å². The monoisotopic (exact) mass is 281 g/mol. The molecule has 0 radical (unpaired) electrons. The predicted octanol–water partition coefficient (Wildman–Crippen LogP) is 3.79. The summed E-state index contributed by atoms with van der Waals surface area (Å²) in [5.74, 6) is 0.928. The molecule has 1 N–H and O–H groups in total. The van der Waals surface area contributed by atoms with E-state index in [1.165, 1.54) is 16.7 Å². The van der Waals surface area contributed by atoms with Crippen LogP contribution in [0.3, 0.4) is 0 Å². The molecule has 0 saturated carbocycles. The Hall–Kier alpha value is -2.29. The first-order valence-electron chi connectivity index (χ1n) is 7.14. The van der Waals surface area contributed by atoms with E-state index in [1.54, 1.807) is 7.11 Å². The molecule has 0 aliphatic carbocycles. The second-order valence-corrected chi connectivity index (χ2v) is 5.55. The van der Waals surface area contributed by atoms with Crippen molar-refractivity contribution >= 4 is 11.6 Å². The van der Waals surface area contributed by atoms with Gasteiger partial charge in [-0.25, -0.2) is 0 Å². The van der Waals surface area contributed by atoms with Crippen LogP contribution in [0.5, 0.6) is 5.75 Å². The van der Waals surface area contributed by atoms with E-state index in [2.05, 4.69) is 43.4 Å². The molecular weight excluding hydrogens is 262 g/mol. The van der Waals surface area contributed by atoms with Gasteiger partial charge in [-0.1, -0.05) is 24.3 Å². The maximum Gasteiger partial charge on any atom is 0.225 e. The fraction of sp³-hybridized carbons (Fsp3) is 0.278. The van der Waals surface area contributed by atoms with Gasteiger partial charge in [0.1, 0.15) is 5.75 Å². The lowest BCUT2D eigenvalue weighted by molar-refractivity contribution is -0.116. The lowest BCUT2D eigenvalue weighted by Crippen LogP contribution is -2.24. The fourth-order valence-electron chi connectivity index (χ4n) is 3.00. The first-order chi connectivity index (χ1) is 10.1. The number of benzene rings is 2. The molecule has 108 valence electrons. The Bertz CT molecular complexity index is 706. The molecule has 1 aliphatic heterocycles. The van der Waals surface area contributed by atoms with Gasteiger partial charge in [-0.3, -0.25) is 4.79 Å². The van der Waals surface area contributed by atoms with Gasteiger partial charge >= 0.3 is 0 Å². The molecule has 1 unspecified atom stereocenters. The Morgan fingerprint density at radius 3 is 2.71 bits per heavy atom. The number of amides is 1. The number of ether oxygens (including phenoxy) is 1. The maximum atomic E-state index is 12.1. The maximum absolute atomic E-state index is 12.1. The van der Waals surface area contributed by atoms with E-state index in [1.807, 2.05) is 12.1 Å². The van der Waals surface area contributed by atoms with Crippen molar-refractivity contribution in [3.05, 3.63) is 58.7 Å². The molecule has 0 fully saturated rings. The molecule has 0 spiro atoms. The summed E-state index contributed by atoms with van der Waals surface area (Å²) in [5, 5.41) is 2.95. The highest BCUT2D eigenvalue weighted by Gasteiger charge is 2.27. The molecular formula is C18H19NO2. The fourth-order valence-corrected chi connectivity index (χ4v) is 3.00. The molecule has 2 aromatic carbocycles. The number of rotatable bonds is 2. The summed E-state index contributed by atoms with van der Waals surface area (Å²) in [7, 11) is 1.63. The Kier molecular flexibility index (Phi) is 3.42. The van der Waals surface area contributed by atoms with Crippen molar-refractivity contribution in [2.24, 2.45) is 0 Å². The first kappa shape index (κ1) is 13.7. The van der Waals surface area contributed by atoms with E-state index in [9.17, 15) is 4.79 Å². The molecule has 0 saturated heterocycles. The van der Waals surface area contributed by atoms with Crippen LogP contribution >= 0.6 is 0 Å². The number of anilines is 1. The average molecular weight is 281 g/mol. The molecule has 21 heavy (non-hydrogen) atoms. The zero-order valence-corrected chi connectivity index (χ0v) is 12.6. The molecule has 1 atom stereocenters. The molecule has 1 aliphatic rings. The number of carbonyl (C=O) groups is 1. The minimum absolute atomic E-state index is 0.0571. The van der Waals surface area contributed by atoms with E-state index in [0.717, 1.165) is 17.0 Å². The van der Waals surface area contributed by atoms with E-state index in [-0.39, 0.29) is 11.8 Å². The van der Waals surface area contributed by atoms with Gasteiger partial charge in [0.2, 0.25) is 5.91 Å². The van der Waals surface area contributed by atoms with Crippen molar-refractivity contribution in [1.29, 1.82) is 0 Å². The average Bonchev–Trinajstić information content (AvgIpc) is 2.48. The quantitative estimate of drug-likeness (QED) is 0.909. The SMILES string of the molecule is COc1ccc2c(c1)NC(=O)CC2c1cccc(C)c1C. The third-order valence-electron chi connectivity index (χ3n) is 4.32. The summed E-state index contributed by atoms with van der Waals surface area (Å²) < 4.78 is 5.25. The third kappa shape index (κ3) is 2.40. The predicted molar refractivity (Wildman–Crippen MR) is 84.0 cm³/mol. The molecule has 1 heterocycles. The number of nitrogens with one attached hydrogen (secondary N) is 1. The van der Waals surface area contributed by atoms with Gasteiger partial charge in [0.25, 0.3) is 0 Å². The molecule has 1 amide bonds. The van der Waals surface area contributed by atoms with Gasteiger partial charge in [0.15, 0.2) is 0 Å². The molecule has 3 heteroatoms. The Morgan fingerprint density at radius 2 is 1.95 bits per heavy atom. The zero-order chi connectivity index (χ0) is 15.0. The molecule has 0 aromatic heterocycles. The molecule has 0 bridgehead atoms. The molecule has 3 nitrogen and oxygen atoms in total. The Balaban J connectivity index is 2.13. The van der Waals surface area contributed by atoms with E-state index in [4.69, 9.17) is 4.74 Å². The van der Waals surface area contributed by atoms with Crippen molar-refractivity contribution in [1.82, 2.24) is 0 Å². The number of carbonyl (C=O) groups excluding carboxylic acids is 1. The summed E-state index contributed by atoms with van der Waals surface area (Å²) in [6.07, 6.45) is 0.490. The summed E-state index contributed by atoms with van der Waals surface area (Å²) >= 11 is 0. The summed E-state index contributed by atoms with van der Waals surface area (Å²) in [6, 6.07) is 12.2. The normalized spacial score (nSPS) is 17.1. The first-order valence-corrected chi connectivity index (χ1v) is 7.14. The molecule has 3 rings (SSSR count). The number of hydrogen-bond donors (Lipinski definition) is 1. The van der Waals surface area contributed by atoms with Crippen LogP contribution in [0.25, 0.3) is 0 Å². The number of fused-ring (bicyclic) bond motifs is 1. The van der Waals surface area contributed by atoms with Crippen LogP contribution in [0.1, 0.15) is 34.6 Å². The third-order valence-corrected chi connectivity index (χ3v) is 4.32. The lowest BCUT2D eigenvalue weighted by Gasteiger charge is -2.28. The van der Waals surface area contributed by atoms with Gasteiger partial charge in [0, 0.05) is 24.1 Å². The standard InChI is InChI=1S/C18H19NO2/c1-11-5-4-6-14(12(11)2)16-10-18(20)19-17-9-13(21-3)7-8-15(16)17/h4-9,16H,10H2,1-3H3,(H,19,20). The van der Waals surface area contributed by atoms with Crippen LogP contribution in [-0.2, 0) is 4.79 Å². The minimum atomic E-state index is 0.0571. The van der Waals surface area contributed by atoms with Crippen LogP contribution < -0.4 is 10.1 Å². The minimum Gasteiger partial charge on any atom is -0.497 e. The van der Waals surface area contributed by atoms with Crippen LogP contribution in [0.15, 0.2) is 36.4 Å². The smallest absolute Gasteiger partial charge is 0.225 e. The van der Waals surface area contributed by atoms with Gasteiger partial charge in [-0.15, -0.1) is 0 Å². The van der Waals surface area contributed by atoms with Crippen LogP contribution in [0, 0.1) is 13.8 Å². The Labute approximate surface area is 124 Å². The van der Waals surface area contributed by atoms with Crippen LogP contribution in [-0.4, -0.2) is 13.0 Å². The summed E-state index contributed by atoms with van der Waals surface area (Å²) in [6.45, 7) is 4.23. The van der Waals surface area contributed by atoms with Crippen molar-refractivity contribution in [3.63, 3.8) is 0 Å². The zero-order valence-electron chi connectivity index (χ0n) is 12.6. The number of methoxy groups -OCH3 is 1. The van der Waals surface area contributed by atoms with E-state index >= 15 is 0 Å². The van der Waals surface area contributed by atoms with Crippen molar-refractivity contribution in [3.8, 4) is 5.75 Å². The molecule has 2 aromatic rings. The number of hydrogen-bond acceptors (Lipinski definition) is 2. The van der Waals surface area contributed by atoms with Crippen molar-refractivity contribution in [2.75, 3.05) is 12.4 Å². The second kappa shape index (κ2) is 5.24. The van der Waals surface area contributed by atoms with Crippen molar-refractivity contribution < 1.29 is 9.53 Å². The van der Waals surface area contributed by atoms with Gasteiger partial charge in [0.05, 0.1) is 7.11 Å². The van der Waals surface area contributed by atoms with Crippen molar-refractivity contribution in [2.45, 2.75) is 26.2 Å². The van der Waals surface area contributed by atoms with E-state index < -0.39 is 0 Å². The van der Waals surface area contributed by atoms with Gasteiger partial charge < -0.3 is 10.1 Å². The second-order valence-electron chi connectivity index (χ2n) is 5.55. The highest BCUT2D eigenvalue weighted by Crippen LogP contribution is 2.40. The van der Waals surface area contributed by atoms with Crippen LogP contribution in [0.4, 0.5) is 5.69 Å². The Morgan fingerprint density at radius 1 is 1.14 bits per heavy atom. The largest absolute Gasteiger partial charge is 0.497 e. The van der Waals surface area contributed by atoms with Gasteiger partial charge in [-0.05, 0) is 42.2 Å². The highest BCUT2D eigenvalue weighted by atomic mass is 16.5. The van der Waals surface area contributed by atoms with Crippen LogP contribution in [0.2, 0.25) is 0 Å².